The fraction of sp³-hybridized carbons (Fsp3) is 0.0870. The van der Waals surface area contributed by atoms with E-state index < -0.39 is 0 Å². The summed E-state index contributed by atoms with van der Waals surface area (Å²) in [6.45, 7) is 2.89. The van der Waals surface area contributed by atoms with Gasteiger partial charge in [-0.05, 0) is 47.9 Å². The van der Waals surface area contributed by atoms with Crippen molar-refractivity contribution in [3.63, 3.8) is 0 Å². The van der Waals surface area contributed by atoms with Crippen LogP contribution < -0.4 is 5.73 Å². The Morgan fingerprint density at radius 1 is 0.929 bits per heavy atom. The minimum absolute atomic E-state index is 0.247. The molecule has 0 saturated heterocycles. The molecular formula is C23H21N5. The van der Waals surface area contributed by atoms with Gasteiger partial charge < -0.3 is 10.3 Å². The Kier molecular flexibility index (Phi) is 4.72. The lowest BCUT2D eigenvalue weighted by Crippen LogP contribution is -2.12. The number of nitrogens with one attached hydrogen (secondary N) is 1. The monoisotopic (exact) mass is 367 g/mol. The van der Waals surface area contributed by atoms with Crippen molar-refractivity contribution in [2.45, 2.75) is 13.5 Å². The number of hydrogen-bond acceptors (Lipinski definition) is 2. The second kappa shape index (κ2) is 7.48. The Labute approximate surface area is 163 Å². The van der Waals surface area contributed by atoms with Crippen LogP contribution in [0.1, 0.15) is 16.7 Å². The molecule has 0 aliphatic carbocycles. The molecule has 0 bridgehead atoms. The lowest BCUT2D eigenvalue weighted by molar-refractivity contribution is 0.837. The molecule has 0 fully saturated rings. The molecular weight excluding hydrogens is 346 g/mol. The van der Waals surface area contributed by atoms with Crippen molar-refractivity contribution in [3.8, 4) is 11.1 Å². The van der Waals surface area contributed by atoms with E-state index in [0.29, 0.717) is 0 Å². The van der Waals surface area contributed by atoms with Crippen LogP contribution in [0, 0.1) is 12.5 Å². The maximum absolute atomic E-state index is 6.81. The van der Waals surface area contributed by atoms with E-state index in [1.165, 1.54) is 22.3 Å². The minimum atomic E-state index is 0.247. The van der Waals surface area contributed by atoms with Gasteiger partial charge in [-0.1, -0.05) is 59.3 Å². The largest absolute Gasteiger partial charge is 0.382 e. The molecule has 5 nitrogen and oxygen atoms in total. The molecule has 1 aromatic heterocycles. The number of nitrogens with two attached hydrogens (primary N) is 1. The van der Waals surface area contributed by atoms with Crippen LogP contribution in [0.15, 0.2) is 89.3 Å². The van der Waals surface area contributed by atoms with Crippen LogP contribution in [0.25, 0.3) is 22.0 Å². The first-order chi connectivity index (χ1) is 13.6. The maximum atomic E-state index is 6.81. The number of fused-ring (bicyclic) bond motifs is 1. The number of nitrogens with zero attached hydrogens (tertiary/aromatic N) is 3. The number of benzene rings is 3. The predicted molar refractivity (Wildman–Crippen MR) is 114 cm³/mol. The zero-order valence-electron chi connectivity index (χ0n) is 15.6. The van der Waals surface area contributed by atoms with Gasteiger partial charge in [0.2, 0.25) is 0 Å². The highest BCUT2D eigenvalue weighted by Gasteiger charge is 2.06. The standard InChI is InChI=1S/C23H21N5/c1-16-2-6-18(7-3-16)19-8-4-17(5-9-19)15-28-13-12-20-14-21(10-11-22(20)28)23(24)26-27-25/h2-14H,15H2,1H3,(H3,24,25,26). The van der Waals surface area contributed by atoms with E-state index >= 15 is 0 Å². The number of rotatable bonds is 5. The number of aryl methyl sites for hydroxylation is 1. The SMILES string of the molecule is Cc1ccc(-c2ccc(Cn3ccc4cc(C(N)=NN=N)ccc43)cc2)cc1. The Bertz CT molecular complexity index is 1150. The van der Waals surface area contributed by atoms with Gasteiger partial charge in [0.1, 0.15) is 0 Å². The summed E-state index contributed by atoms with van der Waals surface area (Å²) in [6, 6.07) is 25.2. The zero-order valence-corrected chi connectivity index (χ0v) is 15.6. The molecule has 138 valence electrons. The highest BCUT2D eigenvalue weighted by Crippen LogP contribution is 2.22. The average molecular weight is 367 g/mol. The Balaban J connectivity index is 1.57. The van der Waals surface area contributed by atoms with Gasteiger partial charge in [-0.3, -0.25) is 0 Å². The molecule has 28 heavy (non-hydrogen) atoms. The summed E-state index contributed by atoms with van der Waals surface area (Å²) >= 11 is 0. The van der Waals surface area contributed by atoms with Gasteiger partial charge in [0.25, 0.3) is 0 Å². The Morgan fingerprint density at radius 2 is 1.61 bits per heavy atom. The van der Waals surface area contributed by atoms with E-state index in [-0.39, 0.29) is 5.84 Å². The Hall–Kier alpha value is -3.73. The molecule has 3 N–H and O–H groups in total. The third-order valence-corrected chi connectivity index (χ3v) is 4.92. The van der Waals surface area contributed by atoms with E-state index in [9.17, 15) is 0 Å². The van der Waals surface area contributed by atoms with E-state index in [2.05, 4.69) is 82.6 Å². The van der Waals surface area contributed by atoms with Crippen LogP contribution in [0.5, 0.6) is 0 Å². The molecule has 0 amide bonds. The first-order valence-corrected chi connectivity index (χ1v) is 9.09. The smallest absolute Gasteiger partial charge is 0.155 e. The van der Waals surface area contributed by atoms with Crippen molar-refractivity contribution >= 4 is 16.7 Å². The number of hydrogen-bond donors (Lipinski definition) is 2. The molecule has 4 aromatic rings. The predicted octanol–water partition coefficient (Wildman–Crippen LogP) is 5.32. The molecule has 5 heteroatoms. The molecule has 0 spiro atoms. The maximum Gasteiger partial charge on any atom is 0.155 e. The quantitative estimate of drug-likeness (QED) is 0.213. The fourth-order valence-electron chi connectivity index (χ4n) is 3.35. The van der Waals surface area contributed by atoms with E-state index in [1.807, 2.05) is 18.2 Å². The topological polar surface area (TPSA) is 79.5 Å². The van der Waals surface area contributed by atoms with Gasteiger partial charge >= 0.3 is 0 Å². The molecule has 0 aliphatic heterocycles. The van der Waals surface area contributed by atoms with Gasteiger partial charge in [0.05, 0.1) is 0 Å². The molecule has 0 saturated carbocycles. The van der Waals surface area contributed by atoms with Gasteiger partial charge in [-0.25, -0.2) is 0 Å². The summed E-state index contributed by atoms with van der Waals surface area (Å²) in [4.78, 5) is 0. The number of amidine groups is 1. The van der Waals surface area contributed by atoms with Crippen LogP contribution in [0.3, 0.4) is 0 Å². The number of aromatic nitrogens is 1. The third kappa shape index (κ3) is 3.55. The summed E-state index contributed by atoms with van der Waals surface area (Å²) in [7, 11) is 0. The Morgan fingerprint density at radius 3 is 2.29 bits per heavy atom. The lowest BCUT2D eigenvalue weighted by atomic mass is 10.0. The van der Waals surface area contributed by atoms with Crippen molar-refractivity contribution in [2.24, 2.45) is 16.1 Å². The first kappa shape index (κ1) is 17.7. The second-order valence-corrected chi connectivity index (χ2v) is 6.87. The van der Waals surface area contributed by atoms with Gasteiger partial charge in [0, 0.05) is 29.2 Å². The second-order valence-electron chi connectivity index (χ2n) is 6.87. The van der Waals surface area contributed by atoms with Crippen LogP contribution in [-0.4, -0.2) is 10.4 Å². The van der Waals surface area contributed by atoms with Crippen molar-refractivity contribution in [1.82, 2.24) is 4.57 Å². The van der Waals surface area contributed by atoms with Crippen molar-refractivity contribution in [2.75, 3.05) is 0 Å². The van der Waals surface area contributed by atoms with Gasteiger partial charge in [0.15, 0.2) is 5.84 Å². The molecule has 0 atom stereocenters. The van der Waals surface area contributed by atoms with Crippen molar-refractivity contribution in [1.29, 1.82) is 5.53 Å². The molecule has 0 unspecified atom stereocenters. The van der Waals surface area contributed by atoms with Crippen LogP contribution in [0.2, 0.25) is 0 Å². The van der Waals surface area contributed by atoms with Gasteiger partial charge in [-0.2, -0.15) is 5.53 Å². The lowest BCUT2D eigenvalue weighted by Gasteiger charge is -2.08. The molecule has 4 rings (SSSR count). The van der Waals surface area contributed by atoms with Crippen molar-refractivity contribution < 1.29 is 0 Å². The van der Waals surface area contributed by atoms with Crippen LogP contribution in [0.4, 0.5) is 0 Å². The highest BCUT2D eigenvalue weighted by atomic mass is 15.3. The van der Waals surface area contributed by atoms with Crippen molar-refractivity contribution in [3.05, 3.63) is 95.7 Å². The zero-order chi connectivity index (χ0) is 19.5. The fourth-order valence-corrected chi connectivity index (χ4v) is 3.35. The van der Waals surface area contributed by atoms with E-state index in [0.717, 1.165) is 23.0 Å². The first-order valence-electron chi connectivity index (χ1n) is 9.09. The molecule has 1 heterocycles. The summed E-state index contributed by atoms with van der Waals surface area (Å²) in [6.07, 6.45) is 2.07. The van der Waals surface area contributed by atoms with Crippen LogP contribution in [-0.2, 0) is 6.54 Å². The molecule has 3 aromatic carbocycles. The summed E-state index contributed by atoms with van der Waals surface area (Å²) < 4.78 is 2.21. The minimum Gasteiger partial charge on any atom is -0.382 e. The summed E-state index contributed by atoms with van der Waals surface area (Å²) in [5, 5.41) is 7.67. The third-order valence-electron chi connectivity index (χ3n) is 4.92. The highest BCUT2D eigenvalue weighted by molar-refractivity contribution is 6.00. The normalized spacial score (nSPS) is 11.7. The van der Waals surface area contributed by atoms with E-state index in [1.54, 1.807) is 0 Å². The van der Waals surface area contributed by atoms with E-state index in [4.69, 9.17) is 11.3 Å². The summed E-state index contributed by atoms with van der Waals surface area (Å²) in [5.74, 6) is 0.247. The summed E-state index contributed by atoms with van der Waals surface area (Å²) in [5.41, 5.74) is 19.5. The average Bonchev–Trinajstić information content (AvgIpc) is 3.11. The molecule has 0 radical (unpaired) electrons. The van der Waals surface area contributed by atoms with Crippen LogP contribution >= 0.6 is 0 Å². The van der Waals surface area contributed by atoms with Gasteiger partial charge in [-0.15, -0.1) is 5.10 Å². The molecule has 0 aliphatic rings.